The highest BCUT2D eigenvalue weighted by molar-refractivity contribution is 14.1. The maximum absolute atomic E-state index is 11.8. The second-order valence-electron chi connectivity index (χ2n) is 4.08. The van der Waals surface area contributed by atoms with E-state index in [0.29, 0.717) is 31.9 Å². The average molecular weight is 375 g/mol. The number of ether oxygens (including phenoxy) is 2. The van der Waals surface area contributed by atoms with Crippen molar-refractivity contribution in [2.75, 3.05) is 32.9 Å². The number of morpholine rings is 1. The number of carbonyl (C=O) groups is 2. The van der Waals surface area contributed by atoms with Gasteiger partial charge in [0.1, 0.15) is 0 Å². The third kappa shape index (κ3) is 4.17. The van der Waals surface area contributed by atoms with Gasteiger partial charge in [0.15, 0.2) is 6.61 Å². The van der Waals surface area contributed by atoms with Crippen LogP contribution in [-0.2, 0) is 14.3 Å². The van der Waals surface area contributed by atoms with Crippen LogP contribution in [0.25, 0.3) is 0 Å². The van der Waals surface area contributed by atoms with Crippen LogP contribution in [0, 0.1) is 3.57 Å². The fourth-order valence-corrected chi connectivity index (χ4v) is 2.27. The van der Waals surface area contributed by atoms with Crippen molar-refractivity contribution in [2.45, 2.75) is 0 Å². The number of nitrogens with zero attached hydrogens (tertiary/aromatic N) is 1. The zero-order valence-corrected chi connectivity index (χ0v) is 12.5. The molecule has 1 saturated heterocycles. The summed E-state index contributed by atoms with van der Waals surface area (Å²) < 4.78 is 11.1. The van der Waals surface area contributed by atoms with Crippen molar-refractivity contribution in [3.8, 4) is 0 Å². The molecule has 19 heavy (non-hydrogen) atoms. The Morgan fingerprint density at radius 2 is 2.05 bits per heavy atom. The van der Waals surface area contributed by atoms with Gasteiger partial charge < -0.3 is 14.4 Å². The van der Waals surface area contributed by atoms with Crippen LogP contribution in [0.5, 0.6) is 0 Å². The van der Waals surface area contributed by atoms with Crippen LogP contribution in [0.15, 0.2) is 24.3 Å². The third-order valence-corrected chi connectivity index (χ3v) is 3.42. The number of halogens is 1. The molecule has 0 spiro atoms. The number of carbonyl (C=O) groups excluding carboxylic acids is 2. The molecule has 1 aliphatic rings. The van der Waals surface area contributed by atoms with Gasteiger partial charge in [-0.05, 0) is 40.8 Å². The first-order valence-electron chi connectivity index (χ1n) is 5.95. The fourth-order valence-electron chi connectivity index (χ4n) is 1.73. The first kappa shape index (κ1) is 14.3. The molecular formula is C13H14INO4. The Morgan fingerprint density at radius 1 is 1.32 bits per heavy atom. The van der Waals surface area contributed by atoms with E-state index in [-0.39, 0.29) is 12.5 Å². The lowest BCUT2D eigenvalue weighted by Gasteiger charge is -2.26. The largest absolute Gasteiger partial charge is 0.452 e. The molecule has 6 heteroatoms. The van der Waals surface area contributed by atoms with Crippen molar-refractivity contribution in [3.63, 3.8) is 0 Å². The van der Waals surface area contributed by atoms with Crippen LogP contribution in [0.3, 0.4) is 0 Å². The SMILES string of the molecule is O=C(OCC(=O)N1CCOCC1)c1cccc(I)c1. The molecule has 0 atom stereocenters. The first-order chi connectivity index (χ1) is 9.16. The van der Waals surface area contributed by atoms with Gasteiger partial charge in [-0.25, -0.2) is 4.79 Å². The van der Waals surface area contributed by atoms with Crippen molar-refractivity contribution >= 4 is 34.5 Å². The van der Waals surface area contributed by atoms with Gasteiger partial charge in [0.2, 0.25) is 0 Å². The summed E-state index contributed by atoms with van der Waals surface area (Å²) in [6.07, 6.45) is 0. The molecule has 1 fully saturated rings. The minimum atomic E-state index is -0.472. The molecule has 0 aromatic heterocycles. The number of benzene rings is 1. The molecule has 5 nitrogen and oxygen atoms in total. The van der Waals surface area contributed by atoms with E-state index in [1.54, 1.807) is 23.1 Å². The Bertz CT molecular complexity index is 471. The summed E-state index contributed by atoms with van der Waals surface area (Å²) in [5.74, 6) is -0.651. The minimum absolute atomic E-state index is 0.178. The summed E-state index contributed by atoms with van der Waals surface area (Å²) in [5.41, 5.74) is 0.460. The van der Waals surface area contributed by atoms with Crippen molar-refractivity contribution in [3.05, 3.63) is 33.4 Å². The molecule has 0 N–H and O–H groups in total. The topological polar surface area (TPSA) is 55.8 Å². The average Bonchev–Trinajstić information content (AvgIpc) is 2.45. The number of hydrogen-bond donors (Lipinski definition) is 0. The van der Waals surface area contributed by atoms with Gasteiger partial charge in [0.05, 0.1) is 18.8 Å². The van der Waals surface area contributed by atoms with Crippen LogP contribution in [0.2, 0.25) is 0 Å². The van der Waals surface area contributed by atoms with E-state index in [4.69, 9.17) is 9.47 Å². The molecule has 1 aliphatic heterocycles. The predicted molar refractivity (Wildman–Crippen MR) is 76.8 cm³/mol. The first-order valence-corrected chi connectivity index (χ1v) is 7.03. The third-order valence-electron chi connectivity index (χ3n) is 2.75. The van der Waals surface area contributed by atoms with Gasteiger partial charge in [0, 0.05) is 16.7 Å². The highest BCUT2D eigenvalue weighted by atomic mass is 127. The van der Waals surface area contributed by atoms with Gasteiger partial charge in [-0.3, -0.25) is 4.79 Å². The molecule has 0 bridgehead atoms. The Labute approximate surface area is 125 Å². The Morgan fingerprint density at radius 3 is 2.74 bits per heavy atom. The van der Waals surface area contributed by atoms with Crippen molar-refractivity contribution in [1.82, 2.24) is 4.90 Å². The second-order valence-corrected chi connectivity index (χ2v) is 5.33. The lowest BCUT2D eigenvalue weighted by atomic mass is 10.2. The van der Waals surface area contributed by atoms with Crippen LogP contribution in [-0.4, -0.2) is 49.7 Å². The maximum Gasteiger partial charge on any atom is 0.338 e. The zero-order chi connectivity index (χ0) is 13.7. The molecular weight excluding hydrogens is 361 g/mol. The van der Waals surface area contributed by atoms with E-state index in [9.17, 15) is 9.59 Å². The highest BCUT2D eigenvalue weighted by Crippen LogP contribution is 2.09. The number of esters is 1. The van der Waals surface area contributed by atoms with Crippen molar-refractivity contribution in [1.29, 1.82) is 0 Å². The molecule has 0 unspecified atom stereocenters. The van der Waals surface area contributed by atoms with E-state index >= 15 is 0 Å². The molecule has 1 aromatic rings. The van der Waals surface area contributed by atoms with Crippen molar-refractivity contribution < 1.29 is 19.1 Å². The van der Waals surface area contributed by atoms with Gasteiger partial charge in [-0.2, -0.15) is 0 Å². The number of rotatable bonds is 3. The van der Waals surface area contributed by atoms with E-state index in [2.05, 4.69) is 22.6 Å². The minimum Gasteiger partial charge on any atom is -0.452 e. The summed E-state index contributed by atoms with van der Waals surface area (Å²) in [6.45, 7) is 1.97. The molecule has 1 heterocycles. The number of hydrogen-bond acceptors (Lipinski definition) is 4. The lowest BCUT2D eigenvalue weighted by Crippen LogP contribution is -2.42. The van der Waals surface area contributed by atoms with Gasteiger partial charge in [-0.15, -0.1) is 0 Å². The summed E-state index contributed by atoms with van der Waals surface area (Å²) >= 11 is 2.12. The second kappa shape index (κ2) is 6.85. The Hall–Kier alpha value is -1.15. The quantitative estimate of drug-likeness (QED) is 0.591. The summed E-state index contributed by atoms with van der Waals surface area (Å²) in [6, 6.07) is 7.06. The van der Waals surface area contributed by atoms with E-state index < -0.39 is 5.97 Å². The standard InChI is InChI=1S/C13H14INO4/c14-11-3-1-2-10(8-11)13(17)19-9-12(16)15-4-6-18-7-5-15/h1-3,8H,4-7,9H2. The fraction of sp³-hybridized carbons (Fsp3) is 0.385. The van der Waals surface area contributed by atoms with Gasteiger partial charge in [0.25, 0.3) is 5.91 Å². The van der Waals surface area contributed by atoms with Crippen LogP contribution >= 0.6 is 22.6 Å². The van der Waals surface area contributed by atoms with Crippen molar-refractivity contribution in [2.24, 2.45) is 0 Å². The maximum atomic E-state index is 11.8. The summed E-state index contributed by atoms with van der Waals surface area (Å²) in [7, 11) is 0. The molecule has 0 radical (unpaired) electrons. The van der Waals surface area contributed by atoms with Crippen LogP contribution in [0.4, 0.5) is 0 Å². The smallest absolute Gasteiger partial charge is 0.338 e. The molecule has 1 amide bonds. The van der Waals surface area contributed by atoms with Gasteiger partial charge >= 0.3 is 5.97 Å². The molecule has 1 aromatic carbocycles. The Kier molecular flexibility index (Phi) is 5.15. The number of amides is 1. The van der Waals surface area contributed by atoms with Crippen LogP contribution in [0.1, 0.15) is 10.4 Å². The molecule has 2 rings (SSSR count). The normalized spacial score (nSPS) is 15.1. The van der Waals surface area contributed by atoms with E-state index in [1.165, 1.54) is 0 Å². The molecule has 0 saturated carbocycles. The summed E-state index contributed by atoms with van der Waals surface area (Å²) in [5, 5.41) is 0. The molecule has 0 aliphatic carbocycles. The monoisotopic (exact) mass is 375 g/mol. The highest BCUT2D eigenvalue weighted by Gasteiger charge is 2.18. The Balaban J connectivity index is 1.84. The van der Waals surface area contributed by atoms with Gasteiger partial charge in [-0.1, -0.05) is 6.07 Å². The van der Waals surface area contributed by atoms with E-state index in [0.717, 1.165) is 3.57 Å². The van der Waals surface area contributed by atoms with Crippen LogP contribution < -0.4 is 0 Å². The lowest BCUT2D eigenvalue weighted by molar-refractivity contribution is -0.138. The van der Waals surface area contributed by atoms with E-state index in [1.807, 2.05) is 6.07 Å². The summed E-state index contributed by atoms with van der Waals surface area (Å²) in [4.78, 5) is 25.2. The predicted octanol–water partition coefficient (Wildman–Crippen LogP) is 1.31. The molecule has 102 valence electrons. The zero-order valence-electron chi connectivity index (χ0n) is 10.3.